The van der Waals surface area contributed by atoms with Gasteiger partial charge in [0.25, 0.3) is 0 Å². The summed E-state index contributed by atoms with van der Waals surface area (Å²) in [5.41, 5.74) is 13.4. The van der Waals surface area contributed by atoms with Gasteiger partial charge in [0.15, 0.2) is 0 Å². The maximum atomic E-state index is 12.4. The van der Waals surface area contributed by atoms with Gasteiger partial charge >= 0.3 is 13.2 Å². The van der Waals surface area contributed by atoms with E-state index in [1.165, 1.54) is 0 Å². The number of amides is 1. The zero-order chi connectivity index (χ0) is 26.3. The Labute approximate surface area is 209 Å². The molecule has 2 aliphatic heterocycles. The maximum Gasteiger partial charge on any atom is 0.495 e. The van der Waals surface area contributed by atoms with Crippen molar-refractivity contribution in [2.75, 3.05) is 26.2 Å². The highest BCUT2D eigenvalue weighted by molar-refractivity contribution is 6.63. The lowest BCUT2D eigenvalue weighted by molar-refractivity contribution is 0.00578. The molecule has 3 rings (SSSR count). The van der Waals surface area contributed by atoms with Crippen molar-refractivity contribution in [3.05, 3.63) is 32.7 Å². The first kappa shape index (κ1) is 27.3. The molecule has 0 unspecified atom stereocenters. The number of carbonyl (C=O) groups is 1. The molecule has 0 spiro atoms. The van der Waals surface area contributed by atoms with Gasteiger partial charge in [0.2, 0.25) is 0 Å². The van der Waals surface area contributed by atoms with E-state index in [9.17, 15) is 10.3 Å². The van der Waals surface area contributed by atoms with Gasteiger partial charge < -0.3 is 18.9 Å². The number of carbonyl (C=O) groups excluding carboxylic acids is 1. The molecular weight excluding hydrogens is 445 g/mol. The lowest BCUT2D eigenvalue weighted by atomic mass is 9.70. The Bertz CT molecular complexity index is 1020. The van der Waals surface area contributed by atoms with Crippen LogP contribution in [0.3, 0.4) is 0 Å². The van der Waals surface area contributed by atoms with Gasteiger partial charge in [0.1, 0.15) is 5.60 Å². The van der Waals surface area contributed by atoms with Crippen LogP contribution in [0, 0.1) is 20.8 Å². The van der Waals surface area contributed by atoms with E-state index < -0.39 is 23.9 Å². The first-order valence-electron chi connectivity index (χ1n) is 12.3. The third-order valence-corrected chi connectivity index (χ3v) is 7.46. The molecule has 0 aliphatic carbocycles. The maximum absolute atomic E-state index is 12.4. The Morgan fingerprint density at radius 1 is 1.03 bits per heavy atom. The summed E-state index contributed by atoms with van der Waals surface area (Å²) in [6.45, 7) is 23.2. The minimum atomic E-state index is -0.545. The summed E-state index contributed by atoms with van der Waals surface area (Å²) in [5.74, 6) is 0. The van der Waals surface area contributed by atoms with Crippen molar-refractivity contribution in [1.82, 2.24) is 9.80 Å². The second-order valence-corrected chi connectivity index (χ2v) is 11.6. The number of azide groups is 1. The number of hydrogen-bond acceptors (Lipinski definition) is 6. The Kier molecular flexibility index (Phi) is 7.54. The largest absolute Gasteiger partial charge is 0.495 e. The van der Waals surface area contributed by atoms with E-state index in [0.29, 0.717) is 25.3 Å². The van der Waals surface area contributed by atoms with E-state index in [1.807, 2.05) is 62.3 Å². The van der Waals surface area contributed by atoms with Gasteiger partial charge in [-0.2, -0.15) is 0 Å². The fourth-order valence-corrected chi connectivity index (χ4v) is 4.66. The molecule has 10 heteroatoms. The van der Waals surface area contributed by atoms with E-state index >= 15 is 0 Å². The number of benzene rings is 1. The number of hydrogen-bond donors (Lipinski definition) is 0. The minimum absolute atomic E-state index is 0.270. The third kappa shape index (κ3) is 5.61. The average molecular weight is 485 g/mol. The number of nitrogens with zero attached hydrogens (tertiary/aromatic N) is 5. The van der Waals surface area contributed by atoms with Crippen LogP contribution >= 0.6 is 0 Å². The minimum Gasteiger partial charge on any atom is -0.444 e. The molecular formula is C25H40BN5O4. The molecule has 0 bridgehead atoms. The first-order chi connectivity index (χ1) is 16.1. The van der Waals surface area contributed by atoms with Crippen molar-refractivity contribution in [1.29, 1.82) is 0 Å². The summed E-state index contributed by atoms with van der Waals surface area (Å²) in [4.78, 5) is 19.6. The molecule has 192 valence electrons. The lowest BCUT2D eigenvalue weighted by Crippen LogP contribution is -2.50. The number of rotatable bonds is 4. The van der Waals surface area contributed by atoms with Crippen LogP contribution in [0.15, 0.2) is 5.11 Å². The van der Waals surface area contributed by atoms with Crippen molar-refractivity contribution in [3.8, 4) is 0 Å². The average Bonchev–Trinajstić information content (AvgIpc) is 2.94. The van der Waals surface area contributed by atoms with Crippen LogP contribution in [0.1, 0.15) is 70.7 Å². The topological polar surface area (TPSA) is 100 Å². The predicted molar refractivity (Wildman–Crippen MR) is 138 cm³/mol. The Balaban J connectivity index is 1.88. The highest BCUT2D eigenvalue weighted by Gasteiger charge is 2.52. The van der Waals surface area contributed by atoms with E-state index in [2.05, 4.69) is 21.8 Å². The van der Waals surface area contributed by atoms with Crippen molar-refractivity contribution < 1.29 is 18.8 Å². The van der Waals surface area contributed by atoms with Crippen molar-refractivity contribution in [3.63, 3.8) is 0 Å². The van der Waals surface area contributed by atoms with Crippen molar-refractivity contribution in [2.45, 2.75) is 92.6 Å². The van der Waals surface area contributed by atoms with E-state index in [-0.39, 0.29) is 6.09 Å². The zero-order valence-electron chi connectivity index (χ0n) is 23.0. The summed E-state index contributed by atoms with van der Waals surface area (Å²) < 4.78 is 18.3. The van der Waals surface area contributed by atoms with Crippen LogP contribution in [0.5, 0.6) is 0 Å². The van der Waals surface area contributed by atoms with E-state index in [4.69, 9.17) is 14.0 Å². The van der Waals surface area contributed by atoms with Crippen LogP contribution in [-0.2, 0) is 20.6 Å². The third-order valence-electron chi connectivity index (χ3n) is 7.46. The second-order valence-electron chi connectivity index (χ2n) is 11.6. The monoisotopic (exact) mass is 485 g/mol. The van der Waals surface area contributed by atoms with Crippen LogP contribution in [0.4, 0.5) is 10.5 Å². The van der Waals surface area contributed by atoms with Crippen molar-refractivity contribution in [2.24, 2.45) is 5.11 Å². The molecule has 2 aliphatic rings. The van der Waals surface area contributed by atoms with Crippen LogP contribution in [0.25, 0.3) is 10.4 Å². The molecule has 1 aromatic rings. The molecule has 1 amide bonds. The van der Waals surface area contributed by atoms with Gasteiger partial charge in [0, 0.05) is 43.3 Å². The summed E-state index contributed by atoms with van der Waals surface area (Å²) >= 11 is 0. The van der Waals surface area contributed by atoms with Gasteiger partial charge in [-0.25, -0.2) is 4.79 Å². The molecule has 1 aromatic carbocycles. The van der Waals surface area contributed by atoms with E-state index in [1.54, 1.807) is 4.90 Å². The van der Waals surface area contributed by atoms with E-state index in [0.717, 1.165) is 40.8 Å². The van der Waals surface area contributed by atoms with Crippen molar-refractivity contribution >= 4 is 24.4 Å². The smallest absolute Gasteiger partial charge is 0.444 e. The molecule has 35 heavy (non-hydrogen) atoms. The molecule has 0 radical (unpaired) electrons. The fraction of sp³-hybridized carbons (Fsp3) is 0.720. The van der Waals surface area contributed by atoms with Gasteiger partial charge in [-0.15, -0.1) is 0 Å². The molecule has 0 aromatic heterocycles. The molecule has 9 nitrogen and oxygen atoms in total. The summed E-state index contributed by atoms with van der Waals surface area (Å²) in [7, 11) is -0.545. The summed E-state index contributed by atoms with van der Waals surface area (Å²) in [6, 6.07) is 0. The predicted octanol–water partition coefficient (Wildman–Crippen LogP) is 4.91. The second kappa shape index (κ2) is 9.66. The first-order valence-corrected chi connectivity index (χ1v) is 12.3. The highest BCUT2D eigenvalue weighted by Crippen LogP contribution is 2.39. The lowest BCUT2D eigenvalue weighted by Gasteiger charge is -2.36. The van der Waals surface area contributed by atoms with Gasteiger partial charge in [-0.1, -0.05) is 5.11 Å². The molecule has 0 saturated carbocycles. The SMILES string of the molecule is Cc1c(CN2CCN(C(=O)OC(C)(C)C)CC2)c(C)c(B2OC(C)(C)C(C)(C)O2)c(C)c1N=[N+]=[N-]. The fourth-order valence-electron chi connectivity index (χ4n) is 4.66. The Hall–Kier alpha value is -2.26. The van der Waals surface area contributed by atoms with Gasteiger partial charge in [0.05, 0.1) is 11.2 Å². The van der Waals surface area contributed by atoms with Crippen LogP contribution in [0.2, 0.25) is 0 Å². The number of ether oxygens (including phenoxy) is 1. The normalized spacial score (nSPS) is 20.1. The molecule has 2 saturated heterocycles. The molecule has 0 N–H and O–H groups in total. The van der Waals surface area contributed by atoms with Gasteiger partial charge in [-0.3, -0.25) is 4.90 Å². The quantitative estimate of drug-likeness (QED) is 0.261. The van der Waals surface area contributed by atoms with Crippen LogP contribution in [-0.4, -0.2) is 66.0 Å². The van der Waals surface area contributed by atoms with Crippen LogP contribution < -0.4 is 5.46 Å². The summed E-state index contributed by atoms with van der Waals surface area (Å²) in [5, 5.41) is 4.06. The molecule has 0 atom stereocenters. The zero-order valence-corrected chi connectivity index (χ0v) is 23.0. The standard InChI is InChI=1S/C25H40BN5O4/c1-16-19(15-30-11-13-31(14-12-30)22(32)33-23(4,5)6)17(2)21(28-29-27)18(3)20(16)26-34-24(7,8)25(9,10)35-26/h11-15H2,1-10H3. The van der Waals surface area contributed by atoms with Gasteiger partial charge in [-0.05, 0) is 102 Å². The number of piperazine rings is 1. The summed E-state index contributed by atoms with van der Waals surface area (Å²) in [6.07, 6.45) is -0.270. The molecule has 2 heterocycles. The Morgan fingerprint density at radius 2 is 1.57 bits per heavy atom. The highest BCUT2D eigenvalue weighted by atomic mass is 16.7. The molecule has 2 fully saturated rings. The Morgan fingerprint density at radius 3 is 2.06 bits per heavy atom.